The van der Waals surface area contributed by atoms with Crippen LogP contribution in [0.25, 0.3) is 0 Å². The zero-order valence-electron chi connectivity index (χ0n) is 12.1. The van der Waals surface area contributed by atoms with E-state index in [0.29, 0.717) is 25.5 Å². The highest BCUT2D eigenvalue weighted by Crippen LogP contribution is 2.12. The van der Waals surface area contributed by atoms with Crippen molar-refractivity contribution in [2.45, 2.75) is 26.3 Å². The first-order chi connectivity index (χ1) is 9.44. The summed E-state index contributed by atoms with van der Waals surface area (Å²) < 4.78 is 22.0. The number of guanidine groups is 1. The molecule has 0 aliphatic rings. The van der Waals surface area contributed by atoms with E-state index in [9.17, 15) is 8.42 Å². The Bertz CT molecular complexity index is 537. The minimum atomic E-state index is -2.89. The van der Waals surface area contributed by atoms with Gasteiger partial charge in [0.1, 0.15) is 14.8 Å². The largest absolute Gasteiger partial charge is 0.356 e. The third-order valence-electron chi connectivity index (χ3n) is 2.56. The summed E-state index contributed by atoms with van der Waals surface area (Å²) in [6.07, 6.45) is 4.70. The fourth-order valence-electron chi connectivity index (χ4n) is 1.51. The highest BCUT2D eigenvalue weighted by atomic mass is 32.2. The van der Waals surface area contributed by atoms with Crippen LogP contribution in [0.15, 0.2) is 11.2 Å². The molecule has 114 valence electrons. The van der Waals surface area contributed by atoms with Gasteiger partial charge in [-0.1, -0.05) is 6.92 Å². The van der Waals surface area contributed by atoms with E-state index in [-0.39, 0.29) is 5.75 Å². The molecule has 0 radical (unpaired) electrons. The predicted molar refractivity (Wildman–Crippen MR) is 84.0 cm³/mol. The van der Waals surface area contributed by atoms with Gasteiger partial charge in [-0.25, -0.2) is 13.4 Å². The van der Waals surface area contributed by atoms with Gasteiger partial charge in [0, 0.05) is 30.9 Å². The molecule has 8 heteroatoms. The molecule has 0 unspecified atom stereocenters. The lowest BCUT2D eigenvalue weighted by molar-refractivity contribution is 0.598. The first kappa shape index (κ1) is 16.9. The third-order valence-corrected chi connectivity index (χ3v) is 4.74. The van der Waals surface area contributed by atoms with E-state index in [0.717, 1.165) is 11.4 Å². The Morgan fingerprint density at radius 1 is 1.45 bits per heavy atom. The number of nitrogens with one attached hydrogen (secondary N) is 2. The fourth-order valence-corrected chi connectivity index (χ4v) is 2.99. The van der Waals surface area contributed by atoms with Crippen molar-refractivity contribution in [3.8, 4) is 0 Å². The first-order valence-electron chi connectivity index (χ1n) is 6.50. The van der Waals surface area contributed by atoms with Gasteiger partial charge < -0.3 is 10.6 Å². The van der Waals surface area contributed by atoms with Gasteiger partial charge in [-0.05, 0) is 12.8 Å². The van der Waals surface area contributed by atoms with E-state index in [4.69, 9.17) is 0 Å². The average Bonchev–Trinajstić information content (AvgIpc) is 2.84. The van der Waals surface area contributed by atoms with Gasteiger partial charge in [-0.15, -0.1) is 11.3 Å². The molecule has 1 heterocycles. The van der Waals surface area contributed by atoms with E-state index >= 15 is 0 Å². The van der Waals surface area contributed by atoms with Crippen LogP contribution in [0.3, 0.4) is 0 Å². The van der Waals surface area contributed by atoms with Crippen molar-refractivity contribution in [1.82, 2.24) is 15.6 Å². The van der Waals surface area contributed by atoms with Gasteiger partial charge in [0.15, 0.2) is 5.96 Å². The number of aromatic nitrogens is 1. The minimum Gasteiger partial charge on any atom is -0.356 e. The molecule has 6 nitrogen and oxygen atoms in total. The van der Waals surface area contributed by atoms with Crippen LogP contribution in [0.1, 0.15) is 23.2 Å². The maximum absolute atomic E-state index is 11.0. The minimum absolute atomic E-state index is 0.184. The first-order valence-corrected chi connectivity index (χ1v) is 9.38. The summed E-state index contributed by atoms with van der Waals surface area (Å²) in [5.74, 6) is 0.843. The second kappa shape index (κ2) is 8.21. The van der Waals surface area contributed by atoms with Crippen LogP contribution < -0.4 is 10.6 Å². The normalized spacial score (nSPS) is 12.4. The van der Waals surface area contributed by atoms with Crippen molar-refractivity contribution in [3.63, 3.8) is 0 Å². The summed E-state index contributed by atoms with van der Waals surface area (Å²) in [5, 5.41) is 7.26. The van der Waals surface area contributed by atoms with Gasteiger partial charge in [0.25, 0.3) is 0 Å². The van der Waals surface area contributed by atoms with Crippen LogP contribution in [0.4, 0.5) is 0 Å². The summed E-state index contributed by atoms with van der Waals surface area (Å²) in [4.78, 5) is 9.66. The van der Waals surface area contributed by atoms with Crippen molar-refractivity contribution in [2.24, 2.45) is 4.99 Å². The van der Waals surface area contributed by atoms with Gasteiger partial charge in [-0.3, -0.25) is 4.99 Å². The number of nitrogens with zero attached hydrogens (tertiary/aromatic N) is 2. The number of sulfone groups is 1. The Kier molecular flexibility index (Phi) is 6.94. The Labute approximate surface area is 124 Å². The van der Waals surface area contributed by atoms with Crippen LogP contribution in [0, 0.1) is 0 Å². The Hall–Kier alpha value is -1.15. The molecule has 0 aromatic carbocycles. The molecule has 0 saturated heterocycles. The lowest BCUT2D eigenvalue weighted by Gasteiger charge is -2.10. The lowest BCUT2D eigenvalue weighted by Crippen LogP contribution is -2.37. The SMILES string of the molecule is CCc1cnc(CNC(=NC)NCCCS(C)(=O)=O)s1. The van der Waals surface area contributed by atoms with Crippen molar-refractivity contribution in [2.75, 3.05) is 25.6 Å². The predicted octanol–water partition coefficient (Wildman–Crippen LogP) is 0.805. The maximum Gasteiger partial charge on any atom is 0.191 e. The zero-order chi connectivity index (χ0) is 15.0. The molecule has 20 heavy (non-hydrogen) atoms. The Morgan fingerprint density at radius 3 is 2.75 bits per heavy atom. The molecule has 0 atom stereocenters. The smallest absolute Gasteiger partial charge is 0.191 e. The maximum atomic E-state index is 11.0. The van der Waals surface area contributed by atoms with Crippen molar-refractivity contribution in [3.05, 3.63) is 16.1 Å². The highest BCUT2D eigenvalue weighted by molar-refractivity contribution is 7.90. The molecule has 0 saturated carbocycles. The second-order valence-electron chi connectivity index (χ2n) is 4.41. The van der Waals surface area contributed by atoms with E-state index in [1.54, 1.807) is 18.4 Å². The van der Waals surface area contributed by atoms with Gasteiger partial charge in [-0.2, -0.15) is 0 Å². The van der Waals surface area contributed by atoms with Gasteiger partial charge >= 0.3 is 0 Å². The van der Waals surface area contributed by atoms with Gasteiger partial charge in [0.2, 0.25) is 0 Å². The molecule has 0 aliphatic heterocycles. The number of hydrogen-bond acceptors (Lipinski definition) is 5. The highest BCUT2D eigenvalue weighted by Gasteiger charge is 2.04. The third kappa shape index (κ3) is 6.85. The standard InChI is InChI=1S/C12H22N4O2S2/c1-4-10-8-15-11(19-10)9-16-12(13-2)14-6-5-7-20(3,17)18/h8H,4-7,9H2,1-3H3,(H2,13,14,16). The molecule has 1 rings (SSSR count). The Morgan fingerprint density at radius 2 is 2.20 bits per heavy atom. The van der Waals surface area contributed by atoms with E-state index in [1.807, 2.05) is 6.20 Å². The van der Waals surface area contributed by atoms with Crippen LogP contribution in [-0.2, 0) is 22.8 Å². The van der Waals surface area contributed by atoms with E-state index in [2.05, 4.69) is 27.5 Å². The lowest BCUT2D eigenvalue weighted by atomic mass is 10.4. The molecular weight excluding hydrogens is 296 g/mol. The molecule has 0 fully saturated rings. The van der Waals surface area contributed by atoms with Crippen molar-refractivity contribution >= 4 is 27.1 Å². The summed E-state index contributed by atoms with van der Waals surface area (Å²) >= 11 is 1.68. The molecule has 0 bridgehead atoms. The Balaban J connectivity index is 2.29. The average molecular weight is 318 g/mol. The summed E-state index contributed by atoms with van der Waals surface area (Å²) in [7, 11) is -1.21. The van der Waals surface area contributed by atoms with Crippen LogP contribution in [0.5, 0.6) is 0 Å². The number of hydrogen-bond donors (Lipinski definition) is 2. The van der Waals surface area contributed by atoms with Crippen molar-refractivity contribution in [1.29, 1.82) is 0 Å². The monoisotopic (exact) mass is 318 g/mol. The van der Waals surface area contributed by atoms with Crippen molar-refractivity contribution < 1.29 is 8.42 Å². The summed E-state index contributed by atoms with van der Waals surface area (Å²) in [5.41, 5.74) is 0. The number of aliphatic imine (C=N–C) groups is 1. The number of aryl methyl sites for hydroxylation is 1. The molecule has 0 amide bonds. The van der Waals surface area contributed by atoms with E-state index in [1.165, 1.54) is 11.1 Å². The van der Waals surface area contributed by atoms with E-state index < -0.39 is 9.84 Å². The summed E-state index contributed by atoms with van der Waals surface area (Å²) in [6.45, 7) is 3.30. The van der Waals surface area contributed by atoms with Crippen LogP contribution in [0.2, 0.25) is 0 Å². The van der Waals surface area contributed by atoms with Crippen LogP contribution in [-0.4, -0.2) is 45.0 Å². The van der Waals surface area contributed by atoms with Gasteiger partial charge in [0.05, 0.1) is 12.3 Å². The number of rotatable bonds is 7. The molecule has 1 aromatic rings. The van der Waals surface area contributed by atoms with Crippen LogP contribution >= 0.6 is 11.3 Å². The molecule has 0 aliphatic carbocycles. The second-order valence-corrected chi connectivity index (χ2v) is 7.87. The fraction of sp³-hybridized carbons (Fsp3) is 0.667. The topological polar surface area (TPSA) is 83.4 Å². The molecule has 0 spiro atoms. The zero-order valence-corrected chi connectivity index (χ0v) is 13.8. The molecule has 2 N–H and O–H groups in total. The molecule has 1 aromatic heterocycles. The molecular formula is C12H22N4O2S2. The summed E-state index contributed by atoms with van der Waals surface area (Å²) in [6, 6.07) is 0. The quantitative estimate of drug-likeness (QED) is 0.441. The number of thiazole rings is 1.